The number of rotatable bonds is 2. The Labute approximate surface area is 193 Å². The number of aryl methyl sites for hydroxylation is 1. The second kappa shape index (κ2) is 7.17. The minimum Gasteiger partial charge on any atom is -0.317 e. The number of carbonyl (C=O) groups is 1. The van der Waals surface area contributed by atoms with E-state index in [4.69, 9.17) is 10.1 Å². The van der Waals surface area contributed by atoms with Crippen LogP contribution in [0.5, 0.6) is 0 Å². The average molecular weight is 484 g/mol. The number of fused-ring (bicyclic) bond motifs is 4. The molecule has 6 rings (SSSR count). The summed E-state index contributed by atoms with van der Waals surface area (Å²) in [6.45, 7) is 2.00. The Bertz CT molecular complexity index is 1410. The molecule has 0 bridgehead atoms. The van der Waals surface area contributed by atoms with Gasteiger partial charge in [-0.2, -0.15) is 5.10 Å². The van der Waals surface area contributed by atoms with Gasteiger partial charge in [0.05, 0.1) is 28.8 Å². The fraction of sp³-hybridized carbons (Fsp3) is 0.0800. The predicted molar refractivity (Wildman–Crippen MR) is 129 cm³/mol. The molecule has 1 atom stereocenters. The number of hydrogen-bond donors (Lipinski definition) is 1. The predicted octanol–water partition coefficient (Wildman–Crippen LogP) is 5.53. The van der Waals surface area contributed by atoms with Crippen LogP contribution in [0.15, 0.2) is 88.3 Å². The lowest BCUT2D eigenvalue weighted by Crippen LogP contribution is -2.48. The van der Waals surface area contributed by atoms with E-state index < -0.39 is 0 Å². The van der Waals surface area contributed by atoms with Crippen LogP contribution in [0.1, 0.15) is 22.9 Å². The van der Waals surface area contributed by atoms with Crippen LogP contribution in [0.25, 0.3) is 5.69 Å². The van der Waals surface area contributed by atoms with Gasteiger partial charge in [-0.3, -0.25) is 4.79 Å². The third-order valence-electron chi connectivity index (χ3n) is 5.83. The van der Waals surface area contributed by atoms with E-state index in [0.717, 1.165) is 38.4 Å². The van der Waals surface area contributed by atoms with Crippen molar-refractivity contribution >= 4 is 44.9 Å². The molecule has 32 heavy (non-hydrogen) atoms. The van der Waals surface area contributed by atoms with Gasteiger partial charge in [-0.05, 0) is 48.9 Å². The molecule has 3 aromatic carbocycles. The highest BCUT2D eigenvalue weighted by Crippen LogP contribution is 2.47. The van der Waals surface area contributed by atoms with E-state index >= 15 is 0 Å². The molecule has 0 fully saturated rings. The number of para-hydroxylation sites is 3. The number of aromatic nitrogens is 2. The Hall–Kier alpha value is -3.71. The van der Waals surface area contributed by atoms with Crippen molar-refractivity contribution in [3.63, 3.8) is 0 Å². The first-order valence-corrected chi connectivity index (χ1v) is 11.1. The van der Waals surface area contributed by atoms with Crippen molar-refractivity contribution in [2.45, 2.75) is 13.0 Å². The normalized spacial score (nSPS) is 16.6. The lowest BCUT2D eigenvalue weighted by molar-refractivity contribution is -0.110. The highest BCUT2D eigenvalue weighted by Gasteiger charge is 2.42. The van der Waals surface area contributed by atoms with E-state index in [1.807, 2.05) is 83.2 Å². The van der Waals surface area contributed by atoms with Gasteiger partial charge in [-0.25, -0.2) is 9.67 Å². The summed E-state index contributed by atoms with van der Waals surface area (Å²) in [5.41, 5.74) is 5.49. The maximum absolute atomic E-state index is 13.2. The number of nitrogens with zero attached hydrogens (tertiary/aromatic N) is 4. The second-order valence-corrected chi connectivity index (χ2v) is 8.72. The van der Waals surface area contributed by atoms with Gasteiger partial charge in [0.15, 0.2) is 5.82 Å². The molecule has 4 aromatic rings. The van der Waals surface area contributed by atoms with Gasteiger partial charge in [0.1, 0.15) is 0 Å². The van der Waals surface area contributed by atoms with Crippen molar-refractivity contribution in [3.05, 3.63) is 100 Å². The summed E-state index contributed by atoms with van der Waals surface area (Å²) in [6, 6.07) is 25.6. The minimum absolute atomic E-state index is 0.229. The van der Waals surface area contributed by atoms with Crippen LogP contribution < -0.4 is 10.2 Å². The van der Waals surface area contributed by atoms with Crippen molar-refractivity contribution in [2.75, 3.05) is 10.2 Å². The molecule has 1 unspecified atom stereocenters. The minimum atomic E-state index is -0.250. The molecule has 1 aromatic heterocycles. The van der Waals surface area contributed by atoms with Crippen molar-refractivity contribution < 1.29 is 4.79 Å². The van der Waals surface area contributed by atoms with Gasteiger partial charge < -0.3 is 10.2 Å². The summed E-state index contributed by atoms with van der Waals surface area (Å²) in [5, 5.41) is 7.83. The Morgan fingerprint density at radius 1 is 0.969 bits per heavy atom. The Morgan fingerprint density at radius 2 is 1.75 bits per heavy atom. The van der Waals surface area contributed by atoms with Gasteiger partial charge in [-0.15, -0.1) is 0 Å². The van der Waals surface area contributed by atoms with Gasteiger partial charge in [0.25, 0.3) is 5.91 Å². The van der Waals surface area contributed by atoms with Gasteiger partial charge in [0.2, 0.25) is 5.84 Å². The topological polar surface area (TPSA) is 62.5 Å². The quantitative estimate of drug-likeness (QED) is 0.407. The summed E-state index contributed by atoms with van der Waals surface area (Å²) >= 11 is 3.61. The average Bonchev–Trinajstić information content (AvgIpc) is 3.15. The van der Waals surface area contributed by atoms with Crippen molar-refractivity contribution in [2.24, 2.45) is 4.99 Å². The maximum Gasteiger partial charge on any atom is 0.291 e. The monoisotopic (exact) mass is 483 g/mol. The van der Waals surface area contributed by atoms with Gasteiger partial charge in [-0.1, -0.05) is 58.4 Å². The van der Waals surface area contributed by atoms with Crippen LogP contribution in [0.2, 0.25) is 0 Å². The van der Waals surface area contributed by atoms with Gasteiger partial charge in [0, 0.05) is 10.0 Å². The highest BCUT2D eigenvalue weighted by molar-refractivity contribution is 9.10. The molecule has 3 heterocycles. The number of hydrogen-bond acceptors (Lipinski definition) is 4. The van der Waals surface area contributed by atoms with Crippen LogP contribution in [0.4, 0.5) is 17.2 Å². The molecular formula is C25H18BrN5O. The van der Waals surface area contributed by atoms with Gasteiger partial charge >= 0.3 is 0 Å². The van der Waals surface area contributed by atoms with Crippen LogP contribution in [-0.4, -0.2) is 21.5 Å². The molecule has 7 heteroatoms. The summed E-state index contributed by atoms with van der Waals surface area (Å²) in [6.07, 6.45) is 0. The summed E-state index contributed by atoms with van der Waals surface area (Å²) in [7, 11) is 0. The number of amides is 1. The SMILES string of the molecule is Cc1nn(-c2ccccc2)c2c1C(c1cccc(Br)c1)N1C(=N2)C(=O)Nc2ccccc21. The number of halogens is 1. The zero-order chi connectivity index (χ0) is 21.8. The first-order valence-electron chi connectivity index (χ1n) is 10.3. The smallest absolute Gasteiger partial charge is 0.291 e. The molecule has 0 saturated carbocycles. The van der Waals surface area contributed by atoms with E-state index in [-0.39, 0.29) is 11.9 Å². The van der Waals surface area contributed by atoms with Crippen LogP contribution >= 0.6 is 15.9 Å². The molecule has 1 N–H and O–H groups in total. The molecule has 0 aliphatic carbocycles. The number of anilines is 2. The number of benzene rings is 3. The molecule has 6 nitrogen and oxygen atoms in total. The molecule has 2 aliphatic rings. The number of carbonyl (C=O) groups excluding carboxylic acids is 1. The largest absolute Gasteiger partial charge is 0.317 e. The fourth-order valence-electron chi connectivity index (χ4n) is 4.48. The van der Waals surface area contributed by atoms with E-state index in [1.54, 1.807) is 0 Å². The van der Waals surface area contributed by atoms with E-state index in [0.29, 0.717) is 11.7 Å². The summed E-state index contributed by atoms with van der Waals surface area (Å²) < 4.78 is 2.80. The molecular weight excluding hydrogens is 466 g/mol. The number of amidine groups is 1. The Morgan fingerprint density at radius 3 is 2.56 bits per heavy atom. The first-order chi connectivity index (χ1) is 15.6. The third-order valence-corrected chi connectivity index (χ3v) is 6.33. The molecule has 1 amide bonds. The Kier molecular flexibility index (Phi) is 4.26. The van der Waals surface area contributed by atoms with Crippen LogP contribution in [-0.2, 0) is 4.79 Å². The van der Waals surface area contributed by atoms with E-state index in [2.05, 4.69) is 33.4 Å². The van der Waals surface area contributed by atoms with Crippen molar-refractivity contribution in [3.8, 4) is 5.69 Å². The molecule has 0 spiro atoms. The molecule has 0 saturated heterocycles. The second-order valence-electron chi connectivity index (χ2n) is 7.80. The lowest BCUT2D eigenvalue weighted by atomic mass is 9.93. The maximum atomic E-state index is 13.2. The summed E-state index contributed by atoms with van der Waals surface area (Å²) in [4.78, 5) is 20.1. The van der Waals surface area contributed by atoms with Crippen LogP contribution in [0.3, 0.4) is 0 Å². The summed E-state index contributed by atoms with van der Waals surface area (Å²) in [5.74, 6) is 0.811. The van der Waals surface area contributed by atoms with Crippen molar-refractivity contribution in [1.82, 2.24) is 9.78 Å². The number of aliphatic imine (C=N–C) groups is 1. The molecule has 2 aliphatic heterocycles. The number of nitrogens with one attached hydrogen (secondary N) is 1. The molecule has 0 radical (unpaired) electrons. The zero-order valence-corrected chi connectivity index (χ0v) is 18.7. The highest BCUT2D eigenvalue weighted by atomic mass is 79.9. The molecule has 156 valence electrons. The van der Waals surface area contributed by atoms with Crippen LogP contribution in [0, 0.1) is 6.92 Å². The van der Waals surface area contributed by atoms with E-state index in [1.165, 1.54) is 0 Å². The standard InChI is InChI=1S/C25H18BrN5O/c1-15-21-22(16-8-7-9-17(26)14-16)30-20-13-6-5-12-19(20)27-25(32)24(30)28-23(21)31(29-15)18-10-3-2-4-11-18/h2-14,22H,1H3,(H,27,32). The lowest BCUT2D eigenvalue weighted by Gasteiger charge is -2.40. The van der Waals surface area contributed by atoms with Crippen molar-refractivity contribution in [1.29, 1.82) is 0 Å². The van der Waals surface area contributed by atoms with E-state index in [9.17, 15) is 4.79 Å². The fourth-order valence-corrected chi connectivity index (χ4v) is 4.90. The third kappa shape index (κ3) is 2.81. The Balaban J connectivity index is 1.67. The zero-order valence-electron chi connectivity index (χ0n) is 17.2. The first kappa shape index (κ1) is 19.0.